The van der Waals surface area contributed by atoms with Crippen LogP contribution >= 0.6 is 0 Å². The molecular weight excluding hydrogens is 210 g/mol. The van der Waals surface area contributed by atoms with Crippen molar-refractivity contribution in [3.05, 3.63) is 0 Å². The molecule has 0 saturated carbocycles. The largest absolute Gasteiger partial charge is 0.444 e. The third kappa shape index (κ3) is 4.37. The molecule has 0 aromatic heterocycles. The maximum absolute atomic E-state index is 11.7. The highest BCUT2D eigenvalue weighted by Crippen LogP contribution is 2.17. The lowest BCUT2D eigenvalue weighted by molar-refractivity contribution is -0.119. The molecule has 2 atom stereocenters. The van der Waals surface area contributed by atoms with E-state index in [1.165, 1.54) is 0 Å². The fourth-order valence-corrected chi connectivity index (χ4v) is 1.61. The van der Waals surface area contributed by atoms with Crippen LogP contribution in [0.1, 0.15) is 34.1 Å². The Balaban J connectivity index is 2.38. The average molecular weight is 231 g/mol. The Labute approximate surface area is 96.3 Å². The Hall–Kier alpha value is -0.810. The number of hydrogen-bond acceptors (Lipinski definition) is 4. The summed E-state index contributed by atoms with van der Waals surface area (Å²) in [6, 6.07) is 0. The van der Waals surface area contributed by atoms with E-state index in [-0.39, 0.29) is 12.2 Å². The molecule has 1 fully saturated rings. The Morgan fingerprint density at radius 3 is 2.62 bits per heavy atom. The summed E-state index contributed by atoms with van der Waals surface area (Å²) in [6.45, 7) is 8.18. The molecule has 1 heterocycles. The van der Waals surface area contributed by atoms with Gasteiger partial charge in [-0.3, -0.25) is 0 Å². The maximum atomic E-state index is 11.7. The zero-order valence-electron chi connectivity index (χ0n) is 10.4. The molecule has 5 nitrogen and oxygen atoms in total. The number of carbonyl (C=O) groups is 1. The van der Waals surface area contributed by atoms with E-state index in [0.717, 1.165) is 6.42 Å². The second kappa shape index (κ2) is 5.01. The fourth-order valence-electron chi connectivity index (χ4n) is 1.61. The molecule has 1 aliphatic rings. The van der Waals surface area contributed by atoms with E-state index in [2.05, 4.69) is 0 Å². The van der Waals surface area contributed by atoms with Gasteiger partial charge in [-0.1, -0.05) is 0 Å². The molecule has 94 valence electrons. The third-order valence-electron chi connectivity index (χ3n) is 2.19. The highest BCUT2D eigenvalue weighted by atomic mass is 16.6. The topological polar surface area (TPSA) is 59.0 Å². The van der Waals surface area contributed by atoms with Crippen molar-refractivity contribution in [3.8, 4) is 0 Å². The number of aliphatic hydroxyl groups is 1. The summed E-state index contributed by atoms with van der Waals surface area (Å²) in [5, 5.41) is 9.07. The van der Waals surface area contributed by atoms with Crippen LogP contribution in [-0.4, -0.2) is 47.2 Å². The van der Waals surface area contributed by atoms with Crippen molar-refractivity contribution in [1.82, 2.24) is 4.90 Å². The molecule has 1 N–H and O–H groups in total. The van der Waals surface area contributed by atoms with Gasteiger partial charge >= 0.3 is 6.09 Å². The number of rotatable bonds is 2. The smallest absolute Gasteiger partial charge is 0.410 e. The second-order valence-electron chi connectivity index (χ2n) is 5.07. The van der Waals surface area contributed by atoms with Gasteiger partial charge < -0.3 is 19.5 Å². The normalized spacial score (nSPS) is 23.3. The van der Waals surface area contributed by atoms with E-state index < -0.39 is 11.9 Å². The molecular formula is C11H21NO4. The Morgan fingerprint density at radius 1 is 1.50 bits per heavy atom. The lowest BCUT2D eigenvalue weighted by Gasteiger charge is -2.24. The van der Waals surface area contributed by atoms with E-state index in [1.54, 1.807) is 11.8 Å². The molecule has 16 heavy (non-hydrogen) atoms. The molecule has 1 saturated heterocycles. The van der Waals surface area contributed by atoms with Crippen LogP contribution < -0.4 is 0 Å². The van der Waals surface area contributed by atoms with Crippen molar-refractivity contribution in [2.45, 2.75) is 52.1 Å². The van der Waals surface area contributed by atoms with Gasteiger partial charge in [0, 0.05) is 6.54 Å². The molecule has 1 aliphatic heterocycles. The summed E-state index contributed by atoms with van der Waals surface area (Å²) in [7, 11) is 0. The first-order chi connectivity index (χ1) is 7.28. The highest BCUT2D eigenvalue weighted by Gasteiger charge is 2.30. The first-order valence-electron chi connectivity index (χ1n) is 5.59. The zero-order valence-corrected chi connectivity index (χ0v) is 10.4. The van der Waals surface area contributed by atoms with E-state index in [0.29, 0.717) is 13.1 Å². The highest BCUT2D eigenvalue weighted by molar-refractivity contribution is 5.68. The number of likely N-dealkylation sites (tertiary alicyclic amines) is 1. The number of hydrogen-bond donors (Lipinski definition) is 1. The minimum Gasteiger partial charge on any atom is -0.444 e. The Kier molecular flexibility index (Phi) is 4.15. The van der Waals surface area contributed by atoms with Gasteiger partial charge in [0.2, 0.25) is 0 Å². The summed E-state index contributed by atoms with van der Waals surface area (Å²) in [5.74, 6) is 0. The molecule has 0 aliphatic carbocycles. The van der Waals surface area contributed by atoms with E-state index in [9.17, 15) is 4.79 Å². The van der Waals surface area contributed by atoms with Gasteiger partial charge in [0.1, 0.15) is 5.60 Å². The summed E-state index contributed by atoms with van der Waals surface area (Å²) < 4.78 is 10.5. The summed E-state index contributed by atoms with van der Waals surface area (Å²) in [4.78, 5) is 13.3. The van der Waals surface area contributed by atoms with Crippen molar-refractivity contribution in [1.29, 1.82) is 0 Å². The monoisotopic (exact) mass is 231 g/mol. The summed E-state index contributed by atoms with van der Waals surface area (Å²) >= 11 is 0. The van der Waals surface area contributed by atoms with Gasteiger partial charge in [0.05, 0.1) is 12.6 Å². The average Bonchev–Trinajstić information content (AvgIpc) is 2.48. The second-order valence-corrected chi connectivity index (χ2v) is 5.07. The number of aliphatic hydroxyl groups excluding tert-OH is 1. The summed E-state index contributed by atoms with van der Waals surface area (Å²) in [5.41, 5.74) is -0.472. The van der Waals surface area contributed by atoms with Gasteiger partial charge in [-0.2, -0.15) is 0 Å². The van der Waals surface area contributed by atoms with Crippen molar-refractivity contribution in [2.75, 3.05) is 13.1 Å². The molecule has 5 heteroatoms. The van der Waals surface area contributed by atoms with Crippen molar-refractivity contribution in [2.24, 2.45) is 0 Å². The molecule has 0 bridgehead atoms. The lowest BCUT2D eigenvalue weighted by Crippen LogP contribution is -2.36. The minimum atomic E-state index is -0.788. The molecule has 1 rings (SSSR count). The van der Waals surface area contributed by atoms with Crippen LogP contribution in [-0.2, 0) is 9.47 Å². The zero-order chi connectivity index (χ0) is 12.3. The third-order valence-corrected chi connectivity index (χ3v) is 2.19. The minimum absolute atomic E-state index is 0.0903. The number of ether oxygens (including phenoxy) is 2. The molecule has 1 amide bonds. The predicted molar refractivity (Wildman–Crippen MR) is 59.0 cm³/mol. The molecule has 0 spiro atoms. The van der Waals surface area contributed by atoms with Gasteiger partial charge in [-0.25, -0.2) is 4.79 Å². The quantitative estimate of drug-likeness (QED) is 0.729. The van der Waals surface area contributed by atoms with Gasteiger partial charge in [-0.15, -0.1) is 0 Å². The number of carbonyl (C=O) groups excluding carboxylic acids is 1. The van der Waals surface area contributed by atoms with Crippen LogP contribution in [0.2, 0.25) is 0 Å². The molecule has 0 aromatic rings. The van der Waals surface area contributed by atoms with Crippen LogP contribution in [0.4, 0.5) is 4.79 Å². The first-order valence-corrected chi connectivity index (χ1v) is 5.59. The van der Waals surface area contributed by atoms with Crippen molar-refractivity contribution < 1.29 is 19.4 Å². The van der Waals surface area contributed by atoms with Crippen LogP contribution in [0.25, 0.3) is 0 Å². The van der Waals surface area contributed by atoms with Gasteiger partial charge in [-0.05, 0) is 34.1 Å². The predicted octanol–water partition coefficient (Wildman–Crippen LogP) is 1.35. The fraction of sp³-hybridized carbons (Fsp3) is 0.909. The van der Waals surface area contributed by atoms with Crippen LogP contribution in [0.15, 0.2) is 0 Å². The van der Waals surface area contributed by atoms with E-state index >= 15 is 0 Å². The van der Waals surface area contributed by atoms with Gasteiger partial charge in [0.15, 0.2) is 6.29 Å². The van der Waals surface area contributed by atoms with E-state index in [1.807, 2.05) is 20.8 Å². The van der Waals surface area contributed by atoms with Gasteiger partial charge in [0.25, 0.3) is 0 Å². The lowest BCUT2D eigenvalue weighted by atomic mass is 10.2. The first kappa shape index (κ1) is 13.3. The summed E-state index contributed by atoms with van der Waals surface area (Å²) in [6.07, 6.45) is -0.454. The Bertz CT molecular complexity index is 247. The maximum Gasteiger partial charge on any atom is 0.410 e. The van der Waals surface area contributed by atoms with Crippen molar-refractivity contribution in [3.63, 3.8) is 0 Å². The van der Waals surface area contributed by atoms with Crippen LogP contribution in [0.5, 0.6) is 0 Å². The molecule has 1 unspecified atom stereocenters. The standard InChI is InChI=1S/C11H21NO4/c1-8(13)15-9-5-6-12(7-9)10(14)16-11(2,3)4/h8-9,13H,5-7H2,1-4H3/t8?,9-/m1/s1. The van der Waals surface area contributed by atoms with Crippen LogP contribution in [0.3, 0.4) is 0 Å². The van der Waals surface area contributed by atoms with Crippen LogP contribution in [0, 0.1) is 0 Å². The number of amides is 1. The molecule has 0 radical (unpaired) electrons. The Morgan fingerprint density at radius 2 is 2.12 bits per heavy atom. The molecule has 0 aromatic carbocycles. The number of nitrogens with zero attached hydrogens (tertiary/aromatic N) is 1. The SMILES string of the molecule is CC(O)O[C@@H]1CCN(C(=O)OC(C)(C)C)C1. The van der Waals surface area contributed by atoms with Crippen molar-refractivity contribution >= 4 is 6.09 Å². The van der Waals surface area contributed by atoms with E-state index in [4.69, 9.17) is 14.6 Å².